The zero-order chi connectivity index (χ0) is 11.5. The first-order chi connectivity index (χ1) is 7.04. The molecule has 0 atom stereocenters. The summed E-state index contributed by atoms with van der Waals surface area (Å²) in [5.74, 6) is 0. The lowest BCUT2D eigenvalue weighted by Gasteiger charge is -2.19. The Morgan fingerprint density at radius 1 is 1.13 bits per heavy atom. The van der Waals surface area contributed by atoms with Crippen LogP contribution < -0.4 is 0 Å². The predicted octanol–water partition coefficient (Wildman–Crippen LogP) is 2.03. The van der Waals surface area contributed by atoms with Crippen molar-refractivity contribution in [3.8, 4) is 0 Å². The highest BCUT2D eigenvalue weighted by molar-refractivity contribution is 7.89. The molecule has 84 valence electrons. The van der Waals surface area contributed by atoms with Gasteiger partial charge in [0.15, 0.2) is 0 Å². The number of hydrogen-bond donors (Lipinski definition) is 0. The van der Waals surface area contributed by atoms with Gasteiger partial charge in [0.05, 0.1) is 4.90 Å². The zero-order valence-corrected chi connectivity index (χ0v) is 10.2. The van der Waals surface area contributed by atoms with Crippen LogP contribution in [-0.2, 0) is 10.0 Å². The molecule has 0 fully saturated rings. The van der Waals surface area contributed by atoms with Gasteiger partial charge in [-0.15, -0.1) is 0 Å². The summed E-state index contributed by atoms with van der Waals surface area (Å²) in [4.78, 5) is 0.411. The second kappa shape index (κ2) is 4.77. The summed E-state index contributed by atoms with van der Waals surface area (Å²) in [6, 6.07) is 7.07. The summed E-state index contributed by atoms with van der Waals surface area (Å²) in [5, 5.41) is 0. The van der Waals surface area contributed by atoms with Crippen molar-refractivity contribution in [1.82, 2.24) is 4.31 Å². The van der Waals surface area contributed by atoms with Gasteiger partial charge in [0.1, 0.15) is 0 Å². The van der Waals surface area contributed by atoms with Gasteiger partial charge in [-0.2, -0.15) is 4.31 Å². The number of aryl methyl sites for hydroxylation is 1. The molecule has 0 spiro atoms. The van der Waals surface area contributed by atoms with Gasteiger partial charge in [0, 0.05) is 13.1 Å². The van der Waals surface area contributed by atoms with Gasteiger partial charge in [-0.25, -0.2) is 8.42 Å². The molecule has 1 aromatic rings. The van der Waals surface area contributed by atoms with Crippen molar-refractivity contribution >= 4 is 10.0 Å². The molecule has 4 heteroatoms. The molecule has 0 aliphatic rings. The summed E-state index contributed by atoms with van der Waals surface area (Å²) in [7, 11) is -3.30. The van der Waals surface area contributed by atoms with Crippen LogP contribution in [0.3, 0.4) is 0 Å². The maximum atomic E-state index is 12.1. The zero-order valence-electron chi connectivity index (χ0n) is 9.40. The summed E-state index contributed by atoms with van der Waals surface area (Å²) in [6.07, 6.45) is 0. The van der Waals surface area contributed by atoms with Crippen LogP contribution >= 0.6 is 0 Å². The Bertz CT molecular complexity index is 422. The fourth-order valence-corrected chi connectivity index (χ4v) is 3.23. The van der Waals surface area contributed by atoms with E-state index in [1.165, 1.54) is 4.31 Å². The molecule has 0 aliphatic carbocycles. The Hall–Kier alpha value is -0.870. The summed E-state index contributed by atoms with van der Waals surface area (Å²) in [5.41, 5.74) is 0.796. The summed E-state index contributed by atoms with van der Waals surface area (Å²) >= 11 is 0. The number of hydrogen-bond acceptors (Lipinski definition) is 2. The minimum Gasteiger partial charge on any atom is -0.207 e. The molecule has 0 N–H and O–H groups in total. The highest BCUT2D eigenvalue weighted by atomic mass is 32.2. The van der Waals surface area contributed by atoms with Gasteiger partial charge in [-0.1, -0.05) is 32.0 Å². The van der Waals surface area contributed by atoms with Crippen molar-refractivity contribution in [2.24, 2.45) is 0 Å². The molecule has 1 aromatic carbocycles. The summed E-state index contributed by atoms with van der Waals surface area (Å²) < 4.78 is 25.8. The van der Waals surface area contributed by atoms with E-state index in [1.54, 1.807) is 12.1 Å². The third-order valence-electron chi connectivity index (χ3n) is 2.42. The Morgan fingerprint density at radius 3 is 2.13 bits per heavy atom. The Balaban J connectivity index is 3.23. The molecule has 3 nitrogen and oxygen atoms in total. The van der Waals surface area contributed by atoms with Crippen LogP contribution in [0.15, 0.2) is 29.2 Å². The lowest BCUT2D eigenvalue weighted by Crippen LogP contribution is -2.31. The molecule has 15 heavy (non-hydrogen) atoms. The second-order valence-electron chi connectivity index (χ2n) is 3.35. The largest absolute Gasteiger partial charge is 0.243 e. The van der Waals surface area contributed by atoms with Crippen molar-refractivity contribution < 1.29 is 8.42 Å². The van der Waals surface area contributed by atoms with Crippen molar-refractivity contribution in [3.05, 3.63) is 29.8 Å². The van der Waals surface area contributed by atoms with Crippen molar-refractivity contribution in [3.63, 3.8) is 0 Å². The van der Waals surface area contributed by atoms with Crippen LogP contribution in [-0.4, -0.2) is 25.8 Å². The number of rotatable bonds is 4. The lowest BCUT2D eigenvalue weighted by molar-refractivity contribution is 0.445. The average molecular weight is 227 g/mol. The predicted molar refractivity (Wildman–Crippen MR) is 61.3 cm³/mol. The number of benzene rings is 1. The maximum Gasteiger partial charge on any atom is 0.243 e. The topological polar surface area (TPSA) is 37.4 Å². The van der Waals surface area contributed by atoms with Crippen LogP contribution in [0.5, 0.6) is 0 Å². The van der Waals surface area contributed by atoms with Gasteiger partial charge in [-0.05, 0) is 18.6 Å². The molecule has 0 saturated carbocycles. The van der Waals surface area contributed by atoms with E-state index < -0.39 is 10.0 Å². The van der Waals surface area contributed by atoms with Gasteiger partial charge < -0.3 is 0 Å². The molecule has 0 aliphatic heterocycles. The van der Waals surface area contributed by atoms with E-state index in [4.69, 9.17) is 0 Å². The molecule has 0 amide bonds. The van der Waals surface area contributed by atoms with Crippen molar-refractivity contribution in [2.75, 3.05) is 13.1 Å². The Morgan fingerprint density at radius 2 is 1.67 bits per heavy atom. The molecule has 0 bridgehead atoms. The first-order valence-corrected chi connectivity index (χ1v) is 6.53. The molecular weight excluding hydrogens is 210 g/mol. The molecule has 0 aromatic heterocycles. The van der Waals surface area contributed by atoms with Crippen LogP contribution in [0.2, 0.25) is 0 Å². The molecule has 1 rings (SSSR count). The van der Waals surface area contributed by atoms with E-state index in [2.05, 4.69) is 0 Å². The van der Waals surface area contributed by atoms with E-state index in [9.17, 15) is 8.42 Å². The number of sulfonamides is 1. The quantitative estimate of drug-likeness (QED) is 0.789. The van der Waals surface area contributed by atoms with Crippen molar-refractivity contribution in [2.45, 2.75) is 25.7 Å². The van der Waals surface area contributed by atoms with E-state index in [0.29, 0.717) is 18.0 Å². The van der Waals surface area contributed by atoms with Gasteiger partial charge >= 0.3 is 0 Å². The standard InChI is InChI=1S/C11H17NO2S/c1-4-12(5-2)15(13,14)11-9-7-6-8-10(11)3/h6-9H,4-5H2,1-3H3. The van der Waals surface area contributed by atoms with E-state index in [1.807, 2.05) is 32.9 Å². The van der Waals surface area contributed by atoms with Gasteiger partial charge in [-0.3, -0.25) is 0 Å². The summed E-state index contributed by atoms with van der Waals surface area (Å²) in [6.45, 7) is 6.52. The molecular formula is C11H17NO2S. The monoisotopic (exact) mass is 227 g/mol. The van der Waals surface area contributed by atoms with Crippen LogP contribution in [0.1, 0.15) is 19.4 Å². The minimum absolute atomic E-state index is 0.411. The fraction of sp³-hybridized carbons (Fsp3) is 0.455. The van der Waals surface area contributed by atoms with E-state index >= 15 is 0 Å². The van der Waals surface area contributed by atoms with Gasteiger partial charge in [0.25, 0.3) is 0 Å². The SMILES string of the molecule is CCN(CC)S(=O)(=O)c1ccccc1C. The molecule has 0 radical (unpaired) electrons. The molecule has 0 heterocycles. The highest BCUT2D eigenvalue weighted by Gasteiger charge is 2.22. The minimum atomic E-state index is -3.30. The Labute approximate surface area is 91.8 Å². The van der Waals surface area contributed by atoms with Crippen LogP contribution in [0.4, 0.5) is 0 Å². The molecule has 0 unspecified atom stereocenters. The average Bonchev–Trinajstić information content (AvgIpc) is 2.19. The van der Waals surface area contributed by atoms with E-state index in [0.717, 1.165) is 5.56 Å². The maximum absolute atomic E-state index is 12.1. The van der Waals surface area contributed by atoms with Crippen LogP contribution in [0, 0.1) is 6.92 Å². The van der Waals surface area contributed by atoms with E-state index in [-0.39, 0.29) is 0 Å². The number of nitrogens with zero attached hydrogens (tertiary/aromatic N) is 1. The first-order valence-electron chi connectivity index (χ1n) is 5.09. The molecule has 0 saturated heterocycles. The van der Waals surface area contributed by atoms with Gasteiger partial charge in [0.2, 0.25) is 10.0 Å². The Kier molecular flexibility index (Phi) is 3.88. The third-order valence-corrected chi connectivity index (χ3v) is 4.63. The second-order valence-corrected chi connectivity index (χ2v) is 5.26. The normalized spacial score (nSPS) is 12.0. The lowest BCUT2D eigenvalue weighted by atomic mass is 10.2. The highest BCUT2D eigenvalue weighted by Crippen LogP contribution is 2.18. The fourth-order valence-electron chi connectivity index (χ4n) is 1.55. The third kappa shape index (κ3) is 2.38. The van der Waals surface area contributed by atoms with Crippen LogP contribution in [0.25, 0.3) is 0 Å². The first kappa shape index (κ1) is 12.2. The smallest absolute Gasteiger partial charge is 0.207 e. The van der Waals surface area contributed by atoms with Crippen molar-refractivity contribution in [1.29, 1.82) is 0 Å².